The Morgan fingerprint density at radius 3 is 2.81 bits per heavy atom. The maximum absolute atomic E-state index is 6.12. The van der Waals surface area contributed by atoms with Crippen LogP contribution in [0.4, 0.5) is 0 Å². The Hall–Kier alpha value is -2.47. The van der Waals surface area contributed by atoms with Crippen molar-refractivity contribution in [2.75, 3.05) is 0 Å². The number of nitrogens with zero attached hydrogens (tertiary/aromatic N) is 4. The van der Waals surface area contributed by atoms with E-state index in [-0.39, 0.29) is 6.04 Å². The van der Waals surface area contributed by atoms with Crippen molar-refractivity contribution in [1.82, 2.24) is 19.9 Å². The predicted molar refractivity (Wildman–Crippen MR) is 78.2 cm³/mol. The van der Waals surface area contributed by atoms with Crippen LogP contribution in [0.3, 0.4) is 0 Å². The van der Waals surface area contributed by atoms with Crippen LogP contribution in [0.5, 0.6) is 0 Å². The van der Waals surface area contributed by atoms with Crippen molar-refractivity contribution in [1.29, 1.82) is 0 Å². The largest absolute Gasteiger partial charge is 0.337 e. The summed E-state index contributed by atoms with van der Waals surface area (Å²) in [4.78, 5) is 4.35. The predicted octanol–water partition coefficient (Wildman–Crippen LogP) is 2.10. The van der Waals surface area contributed by atoms with Crippen molar-refractivity contribution >= 4 is 0 Å². The number of aryl methyl sites for hydroxylation is 2. The molecule has 2 heterocycles. The van der Waals surface area contributed by atoms with Crippen molar-refractivity contribution in [3.05, 3.63) is 54.2 Å². The van der Waals surface area contributed by atoms with Gasteiger partial charge in [-0.25, -0.2) is 0 Å². The van der Waals surface area contributed by atoms with Crippen LogP contribution < -0.4 is 5.73 Å². The zero-order valence-corrected chi connectivity index (χ0v) is 11.8. The summed E-state index contributed by atoms with van der Waals surface area (Å²) in [6, 6.07) is 9.95. The van der Waals surface area contributed by atoms with E-state index in [1.165, 1.54) is 5.56 Å². The highest BCUT2D eigenvalue weighted by Crippen LogP contribution is 2.19. The fourth-order valence-electron chi connectivity index (χ4n) is 2.13. The van der Waals surface area contributed by atoms with Gasteiger partial charge in [-0.15, -0.1) is 0 Å². The summed E-state index contributed by atoms with van der Waals surface area (Å²) in [7, 11) is 1.84. The van der Waals surface area contributed by atoms with E-state index in [4.69, 9.17) is 10.3 Å². The normalized spacial score (nSPS) is 12.5. The Bertz CT molecular complexity index is 704. The fourth-order valence-corrected chi connectivity index (χ4v) is 2.13. The first kappa shape index (κ1) is 13.5. The summed E-state index contributed by atoms with van der Waals surface area (Å²) in [5.74, 6) is 0.984. The van der Waals surface area contributed by atoms with E-state index in [1.54, 1.807) is 10.9 Å². The van der Waals surface area contributed by atoms with E-state index in [2.05, 4.69) is 27.4 Å². The van der Waals surface area contributed by atoms with Gasteiger partial charge in [0.05, 0.1) is 17.8 Å². The number of hydrogen-bond donors (Lipinski definition) is 1. The molecule has 3 aromatic rings. The minimum absolute atomic E-state index is 0.261. The molecule has 1 aromatic carbocycles. The van der Waals surface area contributed by atoms with Gasteiger partial charge in [-0.1, -0.05) is 35.5 Å². The standard InChI is InChI=1S/C15H17N5O/c1-20-10-12(9-17-20)14-18-15(21-19-14)13(16)8-7-11-5-3-2-4-6-11/h2-6,9-10,13H,7-8,16H2,1H3. The van der Waals surface area contributed by atoms with Crippen LogP contribution in [-0.2, 0) is 13.5 Å². The van der Waals surface area contributed by atoms with Crippen molar-refractivity contribution in [2.45, 2.75) is 18.9 Å². The molecule has 1 unspecified atom stereocenters. The van der Waals surface area contributed by atoms with E-state index in [0.29, 0.717) is 11.7 Å². The van der Waals surface area contributed by atoms with Gasteiger partial charge in [0.25, 0.3) is 0 Å². The van der Waals surface area contributed by atoms with Gasteiger partial charge >= 0.3 is 0 Å². The highest BCUT2D eigenvalue weighted by atomic mass is 16.5. The van der Waals surface area contributed by atoms with Crippen LogP contribution in [0.15, 0.2) is 47.2 Å². The van der Waals surface area contributed by atoms with Crippen LogP contribution in [-0.4, -0.2) is 19.9 Å². The molecular formula is C15H17N5O. The highest BCUT2D eigenvalue weighted by Gasteiger charge is 2.16. The molecule has 1 atom stereocenters. The van der Waals surface area contributed by atoms with Gasteiger partial charge in [-0.2, -0.15) is 10.1 Å². The SMILES string of the molecule is Cn1cc(-c2noc(C(N)CCc3ccccc3)n2)cn1. The summed E-state index contributed by atoms with van der Waals surface area (Å²) in [5.41, 5.74) is 8.19. The van der Waals surface area contributed by atoms with Crippen LogP contribution in [0, 0.1) is 0 Å². The Balaban J connectivity index is 1.65. The quantitative estimate of drug-likeness (QED) is 0.775. The molecule has 0 spiro atoms. The number of nitrogens with two attached hydrogens (primary N) is 1. The second-order valence-electron chi connectivity index (χ2n) is 4.99. The molecule has 0 bridgehead atoms. The lowest BCUT2D eigenvalue weighted by atomic mass is 10.1. The van der Waals surface area contributed by atoms with Gasteiger partial charge < -0.3 is 10.3 Å². The second-order valence-corrected chi connectivity index (χ2v) is 4.99. The van der Waals surface area contributed by atoms with Gasteiger partial charge in [0.1, 0.15) is 0 Å². The molecule has 2 aromatic heterocycles. The number of aromatic nitrogens is 4. The van der Waals surface area contributed by atoms with E-state index in [0.717, 1.165) is 18.4 Å². The molecule has 108 valence electrons. The topological polar surface area (TPSA) is 82.8 Å². The third-order valence-corrected chi connectivity index (χ3v) is 3.31. The highest BCUT2D eigenvalue weighted by molar-refractivity contribution is 5.51. The Labute approximate surface area is 122 Å². The molecule has 0 fully saturated rings. The number of benzene rings is 1. The number of rotatable bonds is 5. The van der Waals surface area contributed by atoms with Gasteiger partial charge in [-0.3, -0.25) is 4.68 Å². The molecule has 21 heavy (non-hydrogen) atoms. The van der Waals surface area contributed by atoms with E-state index in [1.807, 2.05) is 31.4 Å². The molecule has 0 aliphatic carbocycles. The molecule has 6 nitrogen and oxygen atoms in total. The lowest BCUT2D eigenvalue weighted by Gasteiger charge is -2.06. The maximum atomic E-state index is 6.12. The smallest absolute Gasteiger partial charge is 0.243 e. The van der Waals surface area contributed by atoms with Crippen molar-refractivity contribution in [3.8, 4) is 11.4 Å². The van der Waals surface area contributed by atoms with Crippen LogP contribution in [0.1, 0.15) is 23.9 Å². The second kappa shape index (κ2) is 5.88. The van der Waals surface area contributed by atoms with Gasteiger partial charge in [0.15, 0.2) is 0 Å². The van der Waals surface area contributed by atoms with Crippen molar-refractivity contribution in [2.24, 2.45) is 12.8 Å². The molecule has 0 aliphatic rings. The lowest BCUT2D eigenvalue weighted by molar-refractivity contribution is 0.349. The molecule has 0 aliphatic heterocycles. The first-order valence-corrected chi connectivity index (χ1v) is 6.84. The molecular weight excluding hydrogens is 266 g/mol. The maximum Gasteiger partial charge on any atom is 0.243 e. The van der Waals surface area contributed by atoms with Crippen LogP contribution >= 0.6 is 0 Å². The summed E-state index contributed by atoms with van der Waals surface area (Å²) >= 11 is 0. The van der Waals surface area contributed by atoms with Crippen molar-refractivity contribution in [3.63, 3.8) is 0 Å². The van der Waals surface area contributed by atoms with Crippen LogP contribution in [0.2, 0.25) is 0 Å². The average Bonchev–Trinajstić information content (AvgIpc) is 3.14. The minimum atomic E-state index is -0.261. The molecule has 0 saturated heterocycles. The molecule has 3 rings (SSSR count). The molecule has 0 saturated carbocycles. The Kier molecular flexibility index (Phi) is 3.79. The summed E-state index contributed by atoms with van der Waals surface area (Å²) in [5, 5.41) is 8.04. The molecule has 0 radical (unpaired) electrons. The third-order valence-electron chi connectivity index (χ3n) is 3.31. The van der Waals surface area contributed by atoms with Gasteiger partial charge in [0.2, 0.25) is 11.7 Å². The van der Waals surface area contributed by atoms with E-state index in [9.17, 15) is 0 Å². The third kappa shape index (κ3) is 3.17. The average molecular weight is 283 g/mol. The molecule has 6 heteroatoms. The summed E-state index contributed by atoms with van der Waals surface area (Å²) < 4.78 is 6.95. The lowest BCUT2D eigenvalue weighted by Crippen LogP contribution is -2.11. The Morgan fingerprint density at radius 2 is 2.10 bits per heavy atom. The summed E-state index contributed by atoms with van der Waals surface area (Å²) in [6.07, 6.45) is 5.18. The van der Waals surface area contributed by atoms with Crippen LogP contribution in [0.25, 0.3) is 11.4 Å². The molecule has 0 amide bonds. The zero-order valence-electron chi connectivity index (χ0n) is 11.8. The van der Waals surface area contributed by atoms with E-state index >= 15 is 0 Å². The van der Waals surface area contributed by atoms with Gasteiger partial charge in [-0.05, 0) is 18.4 Å². The fraction of sp³-hybridized carbons (Fsp3) is 0.267. The Morgan fingerprint density at radius 1 is 1.29 bits per heavy atom. The molecule has 2 N–H and O–H groups in total. The summed E-state index contributed by atoms with van der Waals surface area (Å²) in [6.45, 7) is 0. The monoisotopic (exact) mass is 283 g/mol. The first-order chi connectivity index (χ1) is 10.2. The number of hydrogen-bond acceptors (Lipinski definition) is 5. The first-order valence-electron chi connectivity index (χ1n) is 6.84. The van der Waals surface area contributed by atoms with E-state index < -0.39 is 0 Å². The van der Waals surface area contributed by atoms with Crippen molar-refractivity contribution < 1.29 is 4.52 Å². The zero-order chi connectivity index (χ0) is 14.7. The van der Waals surface area contributed by atoms with Gasteiger partial charge in [0, 0.05) is 13.2 Å². The minimum Gasteiger partial charge on any atom is -0.337 e.